The maximum atomic E-state index is 5.81. The summed E-state index contributed by atoms with van der Waals surface area (Å²) < 4.78 is 11.4. The first kappa shape index (κ1) is 15.8. The molecule has 2 aliphatic carbocycles. The Labute approximate surface area is 134 Å². The minimum atomic E-state index is 0.641. The van der Waals surface area contributed by atoms with Crippen molar-refractivity contribution in [3.8, 4) is 5.75 Å². The summed E-state index contributed by atoms with van der Waals surface area (Å²) in [5.74, 6) is 0.994. The van der Waals surface area contributed by atoms with Gasteiger partial charge in [-0.15, -0.1) is 0 Å². The zero-order valence-corrected chi connectivity index (χ0v) is 13.6. The third-order valence-electron chi connectivity index (χ3n) is 4.85. The number of fused-ring (bicyclic) bond motifs is 1. The van der Waals surface area contributed by atoms with Gasteiger partial charge in [0.1, 0.15) is 12.4 Å². The molecule has 1 N–H and O–H groups in total. The van der Waals surface area contributed by atoms with Gasteiger partial charge in [0.2, 0.25) is 0 Å². The monoisotopic (exact) mass is 303 g/mol. The van der Waals surface area contributed by atoms with E-state index in [1.165, 1.54) is 62.5 Å². The highest BCUT2D eigenvalue weighted by Gasteiger charge is 2.13. The SMILES string of the molecule is c1cc2c(cc1OCCOCCNC1CCCC1)CCCC2. The molecule has 122 valence electrons. The lowest BCUT2D eigenvalue weighted by Crippen LogP contribution is -2.29. The fourth-order valence-corrected chi connectivity index (χ4v) is 3.59. The van der Waals surface area contributed by atoms with Crippen LogP contribution in [0.5, 0.6) is 5.75 Å². The second-order valence-corrected chi connectivity index (χ2v) is 6.53. The lowest BCUT2D eigenvalue weighted by molar-refractivity contribution is 0.100. The molecule has 0 bridgehead atoms. The van der Waals surface area contributed by atoms with E-state index in [-0.39, 0.29) is 0 Å². The summed E-state index contributed by atoms with van der Waals surface area (Å²) in [5, 5.41) is 3.56. The maximum absolute atomic E-state index is 5.81. The van der Waals surface area contributed by atoms with Crippen LogP contribution in [0.25, 0.3) is 0 Å². The molecular formula is C19H29NO2. The molecule has 0 saturated heterocycles. The number of nitrogens with one attached hydrogen (secondary N) is 1. The normalized spacial score (nSPS) is 18.4. The van der Waals surface area contributed by atoms with Crippen LogP contribution in [0.1, 0.15) is 49.7 Å². The minimum absolute atomic E-state index is 0.641. The molecule has 0 amide bonds. The van der Waals surface area contributed by atoms with Crippen LogP contribution < -0.4 is 10.1 Å². The summed E-state index contributed by atoms with van der Waals surface area (Å²) in [6.07, 6.45) is 10.5. The van der Waals surface area contributed by atoms with Crippen molar-refractivity contribution in [1.29, 1.82) is 0 Å². The van der Waals surface area contributed by atoms with Crippen molar-refractivity contribution in [2.45, 2.75) is 57.4 Å². The lowest BCUT2D eigenvalue weighted by atomic mass is 9.92. The third kappa shape index (κ3) is 4.72. The van der Waals surface area contributed by atoms with E-state index in [9.17, 15) is 0 Å². The van der Waals surface area contributed by atoms with Crippen molar-refractivity contribution in [3.05, 3.63) is 29.3 Å². The predicted octanol–water partition coefficient (Wildman–Crippen LogP) is 3.49. The highest BCUT2D eigenvalue weighted by molar-refractivity contribution is 5.37. The molecule has 0 heterocycles. The maximum Gasteiger partial charge on any atom is 0.119 e. The Morgan fingerprint density at radius 2 is 1.73 bits per heavy atom. The topological polar surface area (TPSA) is 30.5 Å². The number of rotatable bonds is 8. The number of hydrogen-bond acceptors (Lipinski definition) is 3. The van der Waals surface area contributed by atoms with E-state index < -0.39 is 0 Å². The van der Waals surface area contributed by atoms with Crippen LogP contribution in [-0.4, -0.2) is 32.4 Å². The van der Waals surface area contributed by atoms with Crippen molar-refractivity contribution in [2.24, 2.45) is 0 Å². The fourth-order valence-electron chi connectivity index (χ4n) is 3.59. The zero-order chi connectivity index (χ0) is 15.0. The van der Waals surface area contributed by atoms with Gasteiger partial charge in [-0.1, -0.05) is 18.9 Å². The first-order valence-electron chi connectivity index (χ1n) is 8.97. The number of benzene rings is 1. The van der Waals surface area contributed by atoms with Gasteiger partial charge in [0, 0.05) is 12.6 Å². The van der Waals surface area contributed by atoms with Crippen molar-refractivity contribution >= 4 is 0 Å². The number of aryl methyl sites for hydroxylation is 2. The molecule has 0 unspecified atom stereocenters. The largest absolute Gasteiger partial charge is 0.491 e. The molecule has 1 aromatic rings. The Bertz CT molecular complexity index is 455. The standard InChI is InChI=1S/C19H29NO2/c1-2-6-17-15-19(10-9-16(17)5-1)22-14-13-21-12-11-20-18-7-3-4-8-18/h9-10,15,18,20H,1-8,11-14H2. The van der Waals surface area contributed by atoms with Crippen LogP contribution in [0.3, 0.4) is 0 Å². The van der Waals surface area contributed by atoms with Gasteiger partial charge < -0.3 is 14.8 Å². The van der Waals surface area contributed by atoms with Gasteiger partial charge in [0.25, 0.3) is 0 Å². The predicted molar refractivity (Wildman–Crippen MR) is 89.7 cm³/mol. The molecule has 1 aromatic carbocycles. The average Bonchev–Trinajstić information content (AvgIpc) is 3.07. The summed E-state index contributed by atoms with van der Waals surface area (Å²) in [6, 6.07) is 7.29. The molecule has 3 heteroatoms. The van der Waals surface area contributed by atoms with Crippen molar-refractivity contribution in [2.75, 3.05) is 26.4 Å². The summed E-state index contributed by atoms with van der Waals surface area (Å²) in [7, 11) is 0. The summed E-state index contributed by atoms with van der Waals surface area (Å²) in [5.41, 5.74) is 2.98. The number of hydrogen-bond donors (Lipinski definition) is 1. The fraction of sp³-hybridized carbons (Fsp3) is 0.684. The van der Waals surface area contributed by atoms with E-state index in [2.05, 4.69) is 23.5 Å². The highest BCUT2D eigenvalue weighted by atomic mass is 16.5. The van der Waals surface area contributed by atoms with Crippen molar-refractivity contribution < 1.29 is 9.47 Å². The summed E-state index contributed by atoms with van der Waals surface area (Å²) in [6.45, 7) is 3.05. The Morgan fingerprint density at radius 1 is 0.909 bits per heavy atom. The quantitative estimate of drug-likeness (QED) is 0.746. The molecule has 0 atom stereocenters. The molecule has 0 spiro atoms. The van der Waals surface area contributed by atoms with Gasteiger partial charge in [0.05, 0.1) is 13.2 Å². The van der Waals surface area contributed by atoms with E-state index in [0.717, 1.165) is 24.9 Å². The van der Waals surface area contributed by atoms with E-state index in [1.807, 2.05) is 0 Å². The highest BCUT2D eigenvalue weighted by Crippen LogP contribution is 2.25. The molecule has 3 nitrogen and oxygen atoms in total. The second-order valence-electron chi connectivity index (χ2n) is 6.53. The van der Waals surface area contributed by atoms with Crippen LogP contribution in [0, 0.1) is 0 Å². The average molecular weight is 303 g/mol. The summed E-state index contributed by atoms with van der Waals surface area (Å²) in [4.78, 5) is 0. The van der Waals surface area contributed by atoms with Crippen LogP contribution in [0.4, 0.5) is 0 Å². The molecule has 1 fully saturated rings. The van der Waals surface area contributed by atoms with Gasteiger partial charge in [-0.05, 0) is 61.8 Å². The van der Waals surface area contributed by atoms with Crippen molar-refractivity contribution in [3.63, 3.8) is 0 Å². The summed E-state index contributed by atoms with van der Waals surface area (Å²) >= 11 is 0. The minimum Gasteiger partial charge on any atom is -0.491 e. The van der Waals surface area contributed by atoms with Crippen LogP contribution in [-0.2, 0) is 17.6 Å². The van der Waals surface area contributed by atoms with E-state index >= 15 is 0 Å². The number of ether oxygens (including phenoxy) is 2. The van der Waals surface area contributed by atoms with E-state index in [1.54, 1.807) is 0 Å². The van der Waals surface area contributed by atoms with Gasteiger partial charge in [-0.2, -0.15) is 0 Å². The first-order valence-corrected chi connectivity index (χ1v) is 8.97. The zero-order valence-electron chi connectivity index (χ0n) is 13.6. The Hall–Kier alpha value is -1.06. The smallest absolute Gasteiger partial charge is 0.119 e. The van der Waals surface area contributed by atoms with E-state index in [0.29, 0.717) is 13.2 Å². The van der Waals surface area contributed by atoms with Gasteiger partial charge in [0.15, 0.2) is 0 Å². The second kappa shape index (κ2) is 8.54. The molecule has 3 rings (SSSR count). The van der Waals surface area contributed by atoms with Crippen LogP contribution in [0.15, 0.2) is 18.2 Å². The van der Waals surface area contributed by atoms with E-state index in [4.69, 9.17) is 9.47 Å². The molecule has 0 aliphatic heterocycles. The third-order valence-corrected chi connectivity index (χ3v) is 4.85. The molecule has 22 heavy (non-hydrogen) atoms. The lowest BCUT2D eigenvalue weighted by Gasteiger charge is -2.17. The molecule has 2 aliphatic rings. The first-order chi connectivity index (χ1) is 10.9. The van der Waals surface area contributed by atoms with Gasteiger partial charge in [-0.3, -0.25) is 0 Å². The van der Waals surface area contributed by atoms with Gasteiger partial charge in [-0.25, -0.2) is 0 Å². The Kier molecular flexibility index (Phi) is 6.14. The molecular weight excluding hydrogens is 274 g/mol. The Balaban J connectivity index is 1.27. The Morgan fingerprint density at radius 3 is 2.59 bits per heavy atom. The van der Waals surface area contributed by atoms with Crippen LogP contribution in [0.2, 0.25) is 0 Å². The molecule has 1 saturated carbocycles. The van der Waals surface area contributed by atoms with Crippen molar-refractivity contribution in [1.82, 2.24) is 5.32 Å². The molecule has 0 radical (unpaired) electrons. The van der Waals surface area contributed by atoms with Crippen LogP contribution >= 0.6 is 0 Å². The molecule has 0 aromatic heterocycles. The van der Waals surface area contributed by atoms with Gasteiger partial charge >= 0.3 is 0 Å².